The molecule has 2 nitrogen and oxygen atoms in total. The van der Waals surface area contributed by atoms with E-state index < -0.39 is 0 Å². The Balaban J connectivity index is 4.37. The second-order valence-electron chi connectivity index (χ2n) is 4.06. The van der Waals surface area contributed by atoms with Gasteiger partial charge in [-0.3, -0.25) is 0 Å². The van der Waals surface area contributed by atoms with Crippen LogP contribution in [0.2, 0.25) is 0 Å². The minimum Gasteiger partial charge on any atom is -0.349 e. The highest BCUT2D eigenvalue weighted by molar-refractivity contribution is 5.20. The van der Waals surface area contributed by atoms with E-state index in [1.54, 1.807) is 0 Å². The van der Waals surface area contributed by atoms with E-state index in [1.807, 2.05) is 26.8 Å². The Morgan fingerprint density at radius 3 is 2.06 bits per heavy atom. The first-order valence-electron chi connectivity index (χ1n) is 6.21. The Morgan fingerprint density at radius 2 is 1.69 bits per heavy atom. The van der Waals surface area contributed by atoms with Crippen molar-refractivity contribution < 1.29 is 9.47 Å². The second-order valence-corrected chi connectivity index (χ2v) is 4.06. The summed E-state index contributed by atoms with van der Waals surface area (Å²) >= 11 is 0. The first-order valence-corrected chi connectivity index (χ1v) is 6.21. The van der Waals surface area contributed by atoms with Gasteiger partial charge in [0.05, 0.1) is 0 Å². The van der Waals surface area contributed by atoms with Crippen molar-refractivity contribution >= 4 is 0 Å². The molecule has 0 heterocycles. The van der Waals surface area contributed by atoms with Gasteiger partial charge >= 0.3 is 0 Å². The average molecular weight is 226 g/mol. The van der Waals surface area contributed by atoms with Gasteiger partial charge < -0.3 is 9.47 Å². The van der Waals surface area contributed by atoms with Crippen molar-refractivity contribution in [2.45, 2.75) is 47.3 Å². The van der Waals surface area contributed by atoms with Crippen LogP contribution >= 0.6 is 0 Å². The van der Waals surface area contributed by atoms with Gasteiger partial charge in [0.1, 0.15) is 0 Å². The Bertz CT molecular complexity index is 211. The van der Waals surface area contributed by atoms with E-state index in [0.29, 0.717) is 19.1 Å². The van der Waals surface area contributed by atoms with Crippen LogP contribution in [0.5, 0.6) is 0 Å². The summed E-state index contributed by atoms with van der Waals surface area (Å²) in [5.41, 5.74) is 1.10. The van der Waals surface area contributed by atoms with Crippen molar-refractivity contribution in [3.63, 3.8) is 0 Å². The summed E-state index contributed by atoms with van der Waals surface area (Å²) in [6.45, 7) is 11.7. The topological polar surface area (TPSA) is 18.5 Å². The Kier molecular flexibility index (Phi) is 9.25. The molecular formula is C14H26O2. The Morgan fingerprint density at radius 1 is 1.12 bits per heavy atom. The maximum atomic E-state index is 5.55. The monoisotopic (exact) mass is 226 g/mol. The summed E-state index contributed by atoms with van der Waals surface area (Å²) in [4.78, 5) is 0. The maximum absolute atomic E-state index is 5.55. The van der Waals surface area contributed by atoms with Crippen LogP contribution < -0.4 is 0 Å². The highest BCUT2D eigenvalue weighted by atomic mass is 16.7. The van der Waals surface area contributed by atoms with Gasteiger partial charge in [0.25, 0.3) is 0 Å². The lowest BCUT2D eigenvalue weighted by Crippen LogP contribution is -2.19. The molecule has 0 aliphatic heterocycles. The molecule has 0 spiro atoms. The number of ether oxygens (including phenoxy) is 2. The fraction of sp³-hybridized carbons (Fsp3) is 0.714. The van der Waals surface area contributed by atoms with Gasteiger partial charge in [0, 0.05) is 18.8 Å². The summed E-state index contributed by atoms with van der Waals surface area (Å²) in [6.07, 6.45) is 7.21. The fourth-order valence-electron chi connectivity index (χ4n) is 1.33. The average Bonchev–Trinajstić information content (AvgIpc) is 2.24. The lowest BCUT2D eigenvalue weighted by Gasteiger charge is -2.18. The molecule has 0 atom stereocenters. The largest absolute Gasteiger partial charge is 0.349 e. The number of allylic oxidation sites excluding steroid dienone is 2. The van der Waals surface area contributed by atoms with Crippen molar-refractivity contribution in [2.24, 2.45) is 5.92 Å². The van der Waals surface area contributed by atoms with Crippen LogP contribution in [0.4, 0.5) is 0 Å². The summed E-state index contributed by atoms with van der Waals surface area (Å²) in [6, 6.07) is 0. The van der Waals surface area contributed by atoms with Gasteiger partial charge in [0.2, 0.25) is 0 Å². The molecule has 2 heteroatoms. The van der Waals surface area contributed by atoms with E-state index in [1.165, 1.54) is 0 Å². The predicted molar refractivity (Wildman–Crippen MR) is 69.4 cm³/mol. The van der Waals surface area contributed by atoms with Crippen LogP contribution in [0.15, 0.2) is 23.8 Å². The molecule has 0 aliphatic rings. The van der Waals surface area contributed by atoms with E-state index in [9.17, 15) is 0 Å². The molecule has 16 heavy (non-hydrogen) atoms. The Labute approximate surface area is 100 Å². The summed E-state index contributed by atoms with van der Waals surface area (Å²) in [7, 11) is 0. The van der Waals surface area contributed by atoms with Gasteiger partial charge in [-0.25, -0.2) is 0 Å². The first kappa shape index (κ1) is 15.4. The minimum absolute atomic E-state index is 0.219. The lowest BCUT2D eigenvalue weighted by atomic mass is 10.1. The third kappa shape index (κ3) is 6.81. The first-order chi connectivity index (χ1) is 7.65. The van der Waals surface area contributed by atoms with Crippen molar-refractivity contribution in [2.75, 3.05) is 13.2 Å². The number of hydrogen-bond donors (Lipinski definition) is 0. The van der Waals surface area contributed by atoms with Crippen LogP contribution in [0.3, 0.4) is 0 Å². The molecule has 0 rings (SSSR count). The van der Waals surface area contributed by atoms with Crippen LogP contribution in [0, 0.1) is 5.92 Å². The quantitative estimate of drug-likeness (QED) is 0.461. The third-order valence-electron chi connectivity index (χ3n) is 2.16. The second kappa shape index (κ2) is 9.61. The van der Waals surface area contributed by atoms with Crippen LogP contribution in [0.1, 0.15) is 41.0 Å². The van der Waals surface area contributed by atoms with Gasteiger partial charge in [0.15, 0.2) is 6.29 Å². The van der Waals surface area contributed by atoms with Crippen molar-refractivity contribution in [3.05, 3.63) is 23.8 Å². The van der Waals surface area contributed by atoms with Crippen LogP contribution in [0.25, 0.3) is 0 Å². The Hall–Kier alpha value is -0.600. The molecule has 0 saturated heterocycles. The molecule has 0 radical (unpaired) electrons. The third-order valence-corrected chi connectivity index (χ3v) is 2.16. The zero-order valence-corrected chi connectivity index (χ0v) is 11.3. The molecule has 0 bridgehead atoms. The molecule has 0 amide bonds. The highest BCUT2D eigenvalue weighted by Gasteiger charge is 2.10. The van der Waals surface area contributed by atoms with Gasteiger partial charge in [-0.05, 0) is 33.1 Å². The predicted octanol–water partition coefficient (Wildman–Crippen LogP) is 3.93. The van der Waals surface area contributed by atoms with E-state index in [-0.39, 0.29) is 6.29 Å². The summed E-state index contributed by atoms with van der Waals surface area (Å²) < 4.78 is 11.1. The normalized spacial score (nSPS) is 13.3. The number of hydrogen-bond acceptors (Lipinski definition) is 2. The molecule has 0 unspecified atom stereocenters. The molecule has 0 aromatic heterocycles. The van der Waals surface area contributed by atoms with Crippen LogP contribution in [-0.4, -0.2) is 19.5 Å². The van der Waals surface area contributed by atoms with E-state index in [0.717, 1.165) is 12.0 Å². The molecule has 0 aromatic carbocycles. The summed E-state index contributed by atoms with van der Waals surface area (Å²) in [5, 5.41) is 0. The smallest absolute Gasteiger partial charge is 0.183 e. The SMILES string of the molecule is CC=C(/C=C\CC(C)C)C(OCC)OCC. The van der Waals surface area contributed by atoms with Crippen LogP contribution in [-0.2, 0) is 9.47 Å². The molecule has 0 fully saturated rings. The standard InChI is InChI=1S/C14H26O2/c1-6-13(11-9-10-12(4)5)14(15-7-2)16-8-3/h6,9,11-12,14H,7-8,10H2,1-5H3/b11-9-,13-6?. The molecule has 0 aromatic rings. The maximum Gasteiger partial charge on any atom is 0.183 e. The van der Waals surface area contributed by atoms with E-state index >= 15 is 0 Å². The number of rotatable bonds is 8. The molecule has 94 valence electrons. The molecule has 0 N–H and O–H groups in total. The van der Waals surface area contributed by atoms with E-state index in [4.69, 9.17) is 9.47 Å². The van der Waals surface area contributed by atoms with Crippen molar-refractivity contribution in [3.8, 4) is 0 Å². The van der Waals surface area contributed by atoms with Crippen molar-refractivity contribution in [1.82, 2.24) is 0 Å². The molecule has 0 saturated carbocycles. The van der Waals surface area contributed by atoms with Gasteiger partial charge in [-0.2, -0.15) is 0 Å². The fourth-order valence-corrected chi connectivity index (χ4v) is 1.33. The van der Waals surface area contributed by atoms with Crippen molar-refractivity contribution in [1.29, 1.82) is 0 Å². The summed E-state index contributed by atoms with van der Waals surface area (Å²) in [5.74, 6) is 0.687. The van der Waals surface area contributed by atoms with Gasteiger partial charge in [-0.15, -0.1) is 0 Å². The lowest BCUT2D eigenvalue weighted by molar-refractivity contribution is -0.109. The van der Waals surface area contributed by atoms with E-state index in [2.05, 4.69) is 26.0 Å². The minimum atomic E-state index is -0.219. The van der Waals surface area contributed by atoms with Gasteiger partial charge in [-0.1, -0.05) is 32.1 Å². The zero-order chi connectivity index (χ0) is 12.4. The molecular weight excluding hydrogens is 200 g/mol. The zero-order valence-electron chi connectivity index (χ0n) is 11.3. The highest BCUT2D eigenvalue weighted by Crippen LogP contribution is 2.12. The molecule has 0 aliphatic carbocycles.